The van der Waals surface area contributed by atoms with Crippen LogP contribution in [0.3, 0.4) is 0 Å². The Morgan fingerprint density at radius 2 is 1.42 bits per heavy atom. The van der Waals surface area contributed by atoms with E-state index in [0.29, 0.717) is 0 Å². The molecule has 0 unspecified atom stereocenters. The fourth-order valence-electron chi connectivity index (χ4n) is 2.81. The SMILES string of the molecule is CC(C)[Si](OC(=O)CCS(=O)(=O)O)(C(C)C)C(C)C. The Kier molecular flexibility index (Phi) is 6.71. The van der Waals surface area contributed by atoms with Gasteiger partial charge in [-0.05, 0) is 16.6 Å². The summed E-state index contributed by atoms with van der Waals surface area (Å²) in [5.41, 5.74) is 0.756. The van der Waals surface area contributed by atoms with Crippen molar-refractivity contribution < 1.29 is 22.2 Å². The number of carbonyl (C=O) groups excluding carboxylic acids is 1. The number of hydrogen-bond donors (Lipinski definition) is 1. The highest BCUT2D eigenvalue weighted by molar-refractivity contribution is 7.85. The second-order valence-corrected chi connectivity index (χ2v) is 12.8. The van der Waals surface area contributed by atoms with E-state index in [1.54, 1.807) is 0 Å². The highest BCUT2D eigenvalue weighted by Crippen LogP contribution is 2.42. The topological polar surface area (TPSA) is 80.7 Å². The molecule has 0 amide bonds. The van der Waals surface area contributed by atoms with Crippen molar-refractivity contribution in [1.29, 1.82) is 0 Å². The van der Waals surface area contributed by atoms with Gasteiger partial charge in [0.05, 0.1) is 12.2 Å². The molecular formula is C12H26O5SSi. The predicted octanol–water partition coefficient (Wildman–Crippen LogP) is 2.98. The average molecular weight is 310 g/mol. The fourth-order valence-corrected chi connectivity index (χ4v) is 8.44. The second kappa shape index (κ2) is 6.85. The van der Waals surface area contributed by atoms with Gasteiger partial charge in [-0.1, -0.05) is 41.5 Å². The third kappa shape index (κ3) is 5.23. The van der Waals surface area contributed by atoms with E-state index in [0.717, 1.165) is 0 Å². The van der Waals surface area contributed by atoms with Crippen LogP contribution in [-0.2, 0) is 19.3 Å². The van der Waals surface area contributed by atoms with Crippen LogP contribution in [0.15, 0.2) is 0 Å². The van der Waals surface area contributed by atoms with E-state index in [4.69, 9.17) is 8.98 Å². The first-order chi connectivity index (χ1) is 8.43. The van der Waals surface area contributed by atoms with Crippen molar-refractivity contribution in [3.63, 3.8) is 0 Å². The van der Waals surface area contributed by atoms with Crippen LogP contribution in [0.2, 0.25) is 16.6 Å². The lowest BCUT2D eigenvalue weighted by Crippen LogP contribution is -2.49. The quantitative estimate of drug-likeness (QED) is 0.577. The minimum Gasteiger partial charge on any atom is -0.518 e. The molecule has 0 heterocycles. The van der Waals surface area contributed by atoms with E-state index in [1.165, 1.54) is 0 Å². The third-order valence-electron chi connectivity index (χ3n) is 3.56. The van der Waals surface area contributed by atoms with Crippen LogP contribution in [0, 0.1) is 0 Å². The van der Waals surface area contributed by atoms with E-state index in [2.05, 4.69) is 0 Å². The lowest BCUT2D eigenvalue weighted by molar-refractivity contribution is -0.135. The molecule has 0 aromatic rings. The summed E-state index contributed by atoms with van der Waals surface area (Å²) >= 11 is 0. The van der Waals surface area contributed by atoms with Crippen LogP contribution in [0.4, 0.5) is 0 Å². The van der Waals surface area contributed by atoms with Crippen LogP contribution in [0.25, 0.3) is 0 Å². The van der Waals surface area contributed by atoms with Gasteiger partial charge in [-0.25, -0.2) is 0 Å². The average Bonchev–Trinajstić information content (AvgIpc) is 2.20. The lowest BCUT2D eigenvalue weighted by atomic mass is 10.5. The zero-order valence-electron chi connectivity index (χ0n) is 12.6. The first-order valence-electron chi connectivity index (χ1n) is 6.60. The molecule has 0 bridgehead atoms. The monoisotopic (exact) mass is 310 g/mol. The molecule has 1 N–H and O–H groups in total. The van der Waals surface area contributed by atoms with E-state index in [9.17, 15) is 13.2 Å². The minimum atomic E-state index is -4.12. The second-order valence-electron chi connectivity index (χ2n) is 5.83. The van der Waals surface area contributed by atoms with Gasteiger partial charge < -0.3 is 4.43 Å². The van der Waals surface area contributed by atoms with Gasteiger partial charge in [-0.15, -0.1) is 0 Å². The maximum Gasteiger partial charge on any atom is 0.293 e. The lowest BCUT2D eigenvalue weighted by Gasteiger charge is -2.41. The Balaban J connectivity index is 4.98. The molecule has 7 heteroatoms. The van der Waals surface area contributed by atoms with Gasteiger partial charge in [0.2, 0.25) is 0 Å². The van der Waals surface area contributed by atoms with Crippen LogP contribution in [0.1, 0.15) is 48.0 Å². The molecule has 0 spiro atoms. The zero-order chi connectivity index (χ0) is 15.4. The summed E-state index contributed by atoms with van der Waals surface area (Å²) in [7, 11) is -6.43. The maximum absolute atomic E-state index is 11.9. The van der Waals surface area contributed by atoms with Gasteiger partial charge in [0.15, 0.2) is 0 Å². The van der Waals surface area contributed by atoms with Crippen molar-refractivity contribution in [1.82, 2.24) is 0 Å². The summed E-state index contributed by atoms with van der Waals surface area (Å²) in [6, 6.07) is 0. The first kappa shape index (κ1) is 18.6. The molecule has 0 rings (SSSR count). The first-order valence-corrected chi connectivity index (χ1v) is 10.4. The van der Waals surface area contributed by atoms with E-state index in [1.807, 2.05) is 41.5 Å². The Morgan fingerprint density at radius 1 is 1.05 bits per heavy atom. The number of carbonyl (C=O) groups is 1. The molecule has 0 radical (unpaired) electrons. The van der Waals surface area contributed by atoms with Crippen molar-refractivity contribution in [3.8, 4) is 0 Å². The highest BCUT2D eigenvalue weighted by atomic mass is 32.2. The summed E-state index contributed by atoms with van der Waals surface area (Å²) in [5, 5.41) is 0. The van der Waals surface area contributed by atoms with Crippen LogP contribution in [0.5, 0.6) is 0 Å². The molecule has 0 fully saturated rings. The normalized spacial score (nSPS) is 13.4. The molecule has 0 aromatic heterocycles. The van der Waals surface area contributed by atoms with Crippen molar-refractivity contribution in [2.24, 2.45) is 0 Å². The van der Waals surface area contributed by atoms with Crippen molar-refractivity contribution in [2.75, 3.05) is 5.75 Å². The van der Waals surface area contributed by atoms with Gasteiger partial charge in [0.1, 0.15) is 0 Å². The van der Waals surface area contributed by atoms with Crippen LogP contribution in [-0.4, -0.2) is 33.0 Å². The fraction of sp³-hybridized carbons (Fsp3) is 0.917. The Labute approximate surface area is 117 Å². The molecule has 114 valence electrons. The van der Waals surface area contributed by atoms with E-state index < -0.39 is 30.2 Å². The molecule has 0 saturated carbocycles. The number of hydrogen-bond acceptors (Lipinski definition) is 4. The van der Waals surface area contributed by atoms with E-state index >= 15 is 0 Å². The molecule has 0 aromatic carbocycles. The van der Waals surface area contributed by atoms with Gasteiger partial charge in [0.25, 0.3) is 24.4 Å². The molecule has 0 aliphatic heterocycles. The Morgan fingerprint density at radius 3 is 1.68 bits per heavy atom. The van der Waals surface area contributed by atoms with Crippen molar-refractivity contribution in [3.05, 3.63) is 0 Å². The smallest absolute Gasteiger partial charge is 0.293 e. The molecule has 0 saturated heterocycles. The minimum absolute atomic E-state index is 0.252. The molecule has 19 heavy (non-hydrogen) atoms. The van der Waals surface area contributed by atoms with Gasteiger partial charge in [0, 0.05) is 0 Å². The third-order valence-corrected chi connectivity index (χ3v) is 10.3. The molecular weight excluding hydrogens is 284 g/mol. The maximum atomic E-state index is 11.9. The zero-order valence-corrected chi connectivity index (χ0v) is 14.5. The summed E-state index contributed by atoms with van der Waals surface area (Å²) in [4.78, 5) is 11.9. The summed E-state index contributed by atoms with van der Waals surface area (Å²) in [5.74, 6) is -1.11. The molecule has 0 atom stereocenters. The Bertz CT molecular complexity index is 379. The summed E-state index contributed by atoms with van der Waals surface area (Å²) in [6.07, 6.45) is -0.292. The Hall–Kier alpha value is -0.403. The van der Waals surface area contributed by atoms with Crippen molar-refractivity contribution >= 4 is 24.4 Å². The predicted molar refractivity (Wildman–Crippen MR) is 78.2 cm³/mol. The number of rotatable bonds is 7. The van der Waals surface area contributed by atoms with Gasteiger partial charge in [-0.2, -0.15) is 8.42 Å². The van der Waals surface area contributed by atoms with E-state index in [-0.39, 0.29) is 23.0 Å². The molecule has 5 nitrogen and oxygen atoms in total. The summed E-state index contributed by atoms with van der Waals surface area (Å²) < 4.78 is 35.7. The van der Waals surface area contributed by atoms with Crippen molar-refractivity contribution in [2.45, 2.75) is 64.6 Å². The summed E-state index contributed by atoms with van der Waals surface area (Å²) in [6.45, 7) is 12.3. The largest absolute Gasteiger partial charge is 0.518 e. The molecule has 0 aliphatic carbocycles. The van der Waals surface area contributed by atoms with Crippen LogP contribution < -0.4 is 0 Å². The van der Waals surface area contributed by atoms with Crippen LogP contribution >= 0.6 is 0 Å². The van der Waals surface area contributed by atoms with Gasteiger partial charge >= 0.3 is 0 Å². The molecule has 0 aliphatic rings. The highest BCUT2D eigenvalue weighted by Gasteiger charge is 2.48. The van der Waals surface area contributed by atoms with Gasteiger partial charge in [-0.3, -0.25) is 9.35 Å². The standard InChI is InChI=1S/C12H26O5SSi/c1-9(2)19(10(3)4,11(5)6)17-12(13)7-8-18(14,15)16/h9-11H,7-8H2,1-6H3,(H,14,15,16).